The minimum Gasteiger partial charge on any atom is -0.466 e. The number of anilines is 2. The van der Waals surface area contributed by atoms with Crippen molar-refractivity contribution in [2.75, 3.05) is 38.6 Å². The highest BCUT2D eigenvalue weighted by molar-refractivity contribution is 6.01. The molecule has 1 aliphatic rings. The number of amides is 2. The first kappa shape index (κ1) is 24.3. The highest BCUT2D eigenvalue weighted by Crippen LogP contribution is 2.26. The van der Waals surface area contributed by atoms with Crippen LogP contribution < -0.4 is 5.32 Å². The van der Waals surface area contributed by atoms with Crippen molar-refractivity contribution < 1.29 is 19.1 Å². The Hall–Kier alpha value is -3.35. The van der Waals surface area contributed by atoms with Crippen LogP contribution in [0.2, 0.25) is 0 Å². The van der Waals surface area contributed by atoms with Gasteiger partial charge in [0.05, 0.1) is 30.3 Å². The summed E-state index contributed by atoms with van der Waals surface area (Å²) in [5.41, 5.74) is 4.44. The number of carbonyl (C=O) groups excluding carboxylic acids is 3. The van der Waals surface area contributed by atoms with Crippen LogP contribution in [0.25, 0.3) is 0 Å². The Bertz CT molecular complexity index is 1010. The first-order chi connectivity index (χ1) is 15.8. The summed E-state index contributed by atoms with van der Waals surface area (Å²) >= 11 is 0. The van der Waals surface area contributed by atoms with E-state index >= 15 is 0 Å². The van der Waals surface area contributed by atoms with Crippen molar-refractivity contribution in [3.8, 4) is 0 Å². The number of nitrogens with zero attached hydrogens (tertiary/aromatic N) is 2. The van der Waals surface area contributed by atoms with E-state index in [1.54, 1.807) is 24.9 Å². The molecule has 3 rings (SSSR count). The largest absolute Gasteiger partial charge is 0.466 e. The SMILES string of the molecule is CCOC(=O)C1CCN(C(=O)CN(C)C(=O)c2ccccc2Nc2cccc(C)c2C)CC1. The van der Waals surface area contributed by atoms with Gasteiger partial charge in [0.25, 0.3) is 5.91 Å². The van der Waals surface area contributed by atoms with E-state index in [0.29, 0.717) is 43.8 Å². The molecule has 33 heavy (non-hydrogen) atoms. The summed E-state index contributed by atoms with van der Waals surface area (Å²) in [5, 5.41) is 3.37. The maximum atomic E-state index is 13.2. The maximum Gasteiger partial charge on any atom is 0.309 e. The van der Waals surface area contributed by atoms with Crippen molar-refractivity contribution in [3.63, 3.8) is 0 Å². The van der Waals surface area contributed by atoms with Gasteiger partial charge >= 0.3 is 5.97 Å². The van der Waals surface area contributed by atoms with E-state index in [1.807, 2.05) is 50.2 Å². The fourth-order valence-corrected chi connectivity index (χ4v) is 4.02. The van der Waals surface area contributed by atoms with Crippen LogP contribution >= 0.6 is 0 Å². The van der Waals surface area contributed by atoms with Gasteiger partial charge in [-0.25, -0.2) is 0 Å². The van der Waals surface area contributed by atoms with E-state index in [9.17, 15) is 14.4 Å². The number of esters is 1. The minimum absolute atomic E-state index is 0.0132. The molecule has 1 heterocycles. The predicted octanol–water partition coefficient (Wildman–Crippen LogP) is 3.92. The standard InChI is InChI=1S/C26H33N3O4/c1-5-33-26(32)20-13-15-29(16-14-20)24(30)17-28(4)25(31)21-10-6-7-11-23(21)27-22-12-8-9-18(2)19(22)3/h6-12,20,27H,5,13-17H2,1-4H3. The summed E-state index contributed by atoms with van der Waals surface area (Å²) in [7, 11) is 1.64. The van der Waals surface area contributed by atoms with Crippen molar-refractivity contribution in [1.82, 2.24) is 9.80 Å². The molecule has 0 atom stereocenters. The third-order valence-corrected chi connectivity index (χ3v) is 6.22. The van der Waals surface area contributed by atoms with E-state index in [4.69, 9.17) is 4.74 Å². The van der Waals surface area contributed by atoms with Gasteiger partial charge in [-0.3, -0.25) is 14.4 Å². The molecule has 0 saturated carbocycles. The molecular weight excluding hydrogens is 418 g/mol. The molecule has 1 saturated heterocycles. The third kappa shape index (κ3) is 5.92. The summed E-state index contributed by atoms with van der Waals surface area (Å²) in [6.07, 6.45) is 1.18. The van der Waals surface area contributed by atoms with E-state index in [1.165, 1.54) is 10.5 Å². The molecule has 7 nitrogen and oxygen atoms in total. The minimum atomic E-state index is -0.224. The normalized spacial score (nSPS) is 14.0. The quantitative estimate of drug-likeness (QED) is 0.646. The zero-order valence-electron chi connectivity index (χ0n) is 19.9. The third-order valence-electron chi connectivity index (χ3n) is 6.22. The van der Waals surface area contributed by atoms with Crippen LogP contribution in [0.15, 0.2) is 42.5 Å². The summed E-state index contributed by atoms with van der Waals surface area (Å²) < 4.78 is 5.09. The second-order valence-corrected chi connectivity index (χ2v) is 8.49. The van der Waals surface area contributed by atoms with Crippen molar-refractivity contribution >= 4 is 29.2 Å². The molecule has 0 unspecified atom stereocenters. The lowest BCUT2D eigenvalue weighted by molar-refractivity contribution is -0.151. The zero-order valence-corrected chi connectivity index (χ0v) is 19.9. The number of likely N-dealkylation sites (N-methyl/N-ethyl adjacent to an activating group) is 1. The number of para-hydroxylation sites is 1. The summed E-state index contributed by atoms with van der Waals surface area (Å²) in [4.78, 5) is 41.1. The monoisotopic (exact) mass is 451 g/mol. The molecule has 0 spiro atoms. The van der Waals surface area contributed by atoms with Gasteiger partial charge in [0.1, 0.15) is 0 Å². The number of likely N-dealkylation sites (tertiary alicyclic amines) is 1. The Labute approximate surface area is 195 Å². The molecule has 7 heteroatoms. The lowest BCUT2D eigenvalue weighted by atomic mass is 9.97. The van der Waals surface area contributed by atoms with Crippen LogP contribution in [0.3, 0.4) is 0 Å². The van der Waals surface area contributed by atoms with Crippen LogP contribution in [0.1, 0.15) is 41.3 Å². The fourth-order valence-electron chi connectivity index (χ4n) is 4.02. The Balaban J connectivity index is 1.63. The number of benzene rings is 2. The molecule has 1 N–H and O–H groups in total. The van der Waals surface area contributed by atoms with Crippen LogP contribution in [0.4, 0.5) is 11.4 Å². The van der Waals surface area contributed by atoms with Gasteiger partial charge < -0.3 is 19.9 Å². The average molecular weight is 452 g/mol. The topological polar surface area (TPSA) is 79.0 Å². The fraction of sp³-hybridized carbons (Fsp3) is 0.423. The first-order valence-corrected chi connectivity index (χ1v) is 11.4. The summed E-state index contributed by atoms with van der Waals surface area (Å²) in [6.45, 7) is 7.22. The van der Waals surface area contributed by atoms with Crippen LogP contribution in [-0.2, 0) is 14.3 Å². The van der Waals surface area contributed by atoms with Crippen molar-refractivity contribution in [2.45, 2.75) is 33.6 Å². The smallest absolute Gasteiger partial charge is 0.309 e. The van der Waals surface area contributed by atoms with Crippen LogP contribution in [-0.4, -0.2) is 60.9 Å². The Morgan fingerprint density at radius 3 is 2.39 bits per heavy atom. The maximum absolute atomic E-state index is 13.2. The number of hydrogen-bond donors (Lipinski definition) is 1. The number of rotatable bonds is 7. The number of nitrogens with one attached hydrogen (secondary N) is 1. The van der Waals surface area contributed by atoms with E-state index < -0.39 is 0 Å². The molecule has 0 bridgehead atoms. The van der Waals surface area contributed by atoms with E-state index in [2.05, 4.69) is 5.32 Å². The average Bonchev–Trinajstić information content (AvgIpc) is 2.82. The summed E-state index contributed by atoms with van der Waals surface area (Å²) in [5.74, 6) is -0.687. The number of hydrogen-bond acceptors (Lipinski definition) is 5. The molecule has 0 radical (unpaired) electrons. The first-order valence-electron chi connectivity index (χ1n) is 11.4. The lowest BCUT2D eigenvalue weighted by Gasteiger charge is -2.32. The van der Waals surface area contributed by atoms with Gasteiger partial charge in [-0.1, -0.05) is 24.3 Å². The van der Waals surface area contributed by atoms with Gasteiger partial charge in [0.2, 0.25) is 5.91 Å². The second kappa shape index (κ2) is 11.0. The van der Waals surface area contributed by atoms with E-state index in [-0.39, 0.29) is 30.2 Å². The predicted molar refractivity (Wildman–Crippen MR) is 129 cm³/mol. The molecule has 0 aliphatic carbocycles. The molecule has 2 aromatic carbocycles. The Morgan fingerprint density at radius 1 is 1.03 bits per heavy atom. The molecular formula is C26H33N3O4. The second-order valence-electron chi connectivity index (χ2n) is 8.49. The van der Waals surface area contributed by atoms with Crippen molar-refractivity contribution in [2.24, 2.45) is 5.92 Å². The number of aryl methyl sites for hydroxylation is 1. The number of ether oxygens (including phenoxy) is 1. The Kier molecular flexibility index (Phi) is 8.09. The van der Waals surface area contributed by atoms with Gasteiger partial charge in [0, 0.05) is 25.8 Å². The molecule has 176 valence electrons. The van der Waals surface area contributed by atoms with Crippen LogP contribution in [0, 0.1) is 19.8 Å². The van der Waals surface area contributed by atoms with Crippen molar-refractivity contribution in [3.05, 3.63) is 59.2 Å². The molecule has 0 aromatic heterocycles. The number of carbonyl (C=O) groups is 3. The molecule has 1 fully saturated rings. The number of piperidine rings is 1. The highest BCUT2D eigenvalue weighted by atomic mass is 16.5. The molecule has 2 aromatic rings. The van der Waals surface area contributed by atoms with Crippen molar-refractivity contribution in [1.29, 1.82) is 0 Å². The lowest BCUT2D eigenvalue weighted by Crippen LogP contribution is -2.45. The van der Waals surface area contributed by atoms with Gasteiger partial charge in [-0.15, -0.1) is 0 Å². The van der Waals surface area contributed by atoms with E-state index in [0.717, 1.165) is 11.3 Å². The summed E-state index contributed by atoms with van der Waals surface area (Å²) in [6, 6.07) is 13.3. The highest BCUT2D eigenvalue weighted by Gasteiger charge is 2.29. The van der Waals surface area contributed by atoms with Gasteiger partial charge in [-0.05, 0) is 62.9 Å². The van der Waals surface area contributed by atoms with Crippen LogP contribution in [0.5, 0.6) is 0 Å². The van der Waals surface area contributed by atoms with Gasteiger partial charge in [-0.2, -0.15) is 0 Å². The molecule has 1 aliphatic heterocycles. The Morgan fingerprint density at radius 2 is 1.70 bits per heavy atom. The van der Waals surface area contributed by atoms with Gasteiger partial charge in [0.15, 0.2) is 0 Å². The zero-order chi connectivity index (χ0) is 24.0. The molecule has 2 amide bonds.